The second-order valence-corrected chi connectivity index (χ2v) is 5.28. The minimum atomic E-state index is -0.0956. The predicted octanol–water partition coefficient (Wildman–Crippen LogP) is 2.83. The van der Waals surface area contributed by atoms with Crippen LogP contribution >= 0.6 is 0 Å². The second kappa shape index (κ2) is 6.45. The Bertz CT molecular complexity index is 463. The molecule has 102 valence electrons. The van der Waals surface area contributed by atoms with Crippen molar-refractivity contribution in [2.24, 2.45) is 0 Å². The molecule has 0 spiro atoms. The first kappa shape index (κ1) is 13.7. The molecule has 0 saturated heterocycles. The number of hydrogen-bond acceptors (Lipinski definition) is 3. The van der Waals surface area contributed by atoms with E-state index in [1.54, 1.807) is 12.4 Å². The van der Waals surface area contributed by atoms with Gasteiger partial charge in [0.1, 0.15) is 5.82 Å². The zero-order valence-electron chi connectivity index (χ0n) is 11.6. The number of rotatable bonds is 4. The third-order valence-corrected chi connectivity index (χ3v) is 3.31. The molecule has 4 nitrogen and oxygen atoms in total. The van der Waals surface area contributed by atoms with Crippen molar-refractivity contribution in [3.63, 3.8) is 0 Å². The fraction of sp³-hybridized carbons (Fsp3) is 0.533. The van der Waals surface area contributed by atoms with Gasteiger partial charge in [-0.25, -0.2) is 9.97 Å². The number of nitrogens with one attached hydrogen (secondary N) is 1. The summed E-state index contributed by atoms with van der Waals surface area (Å²) in [5.41, 5.74) is 1.86. The first-order valence-corrected chi connectivity index (χ1v) is 6.95. The number of amides is 1. The van der Waals surface area contributed by atoms with E-state index in [1.807, 2.05) is 13.8 Å². The van der Waals surface area contributed by atoms with E-state index in [4.69, 9.17) is 0 Å². The van der Waals surface area contributed by atoms with Crippen molar-refractivity contribution in [3.8, 4) is 0 Å². The Morgan fingerprint density at radius 2 is 2.05 bits per heavy atom. The van der Waals surface area contributed by atoms with Gasteiger partial charge in [0.05, 0.1) is 5.56 Å². The topological polar surface area (TPSA) is 54.9 Å². The largest absolute Gasteiger partial charge is 0.348 e. The summed E-state index contributed by atoms with van der Waals surface area (Å²) in [6.45, 7) is 4.71. The second-order valence-electron chi connectivity index (χ2n) is 5.28. The van der Waals surface area contributed by atoms with Crippen LogP contribution in [0.1, 0.15) is 61.6 Å². The molecule has 0 radical (unpaired) electrons. The molecule has 0 saturated carbocycles. The first-order chi connectivity index (χ1) is 9.16. The molecule has 1 amide bonds. The number of carbonyl (C=O) groups excluding carboxylic acids is 1. The van der Waals surface area contributed by atoms with Crippen LogP contribution in [0.2, 0.25) is 0 Å². The number of allylic oxidation sites excluding steroid dienone is 1. The van der Waals surface area contributed by atoms with E-state index in [9.17, 15) is 4.79 Å². The molecule has 4 heteroatoms. The van der Waals surface area contributed by atoms with Crippen LogP contribution in [0.3, 0.4) is 0 Å². The molecule has 0 aliphatic heterocycles. The Morgan fingerprint density at radius 1 is 1.32 bits per heavy atom. The number of hydrogen-bond donors (Lipinski definition) is 1. The van der Waals surface area contributed by atoms with Gasteiger partial charge in [0.2, 0.25) is 0 Å². The average molecular weight is 259 g/mol. The van der Waals surface area contributed by atoms with Crippen LogP contribution < -0.4 is 5.32 Å². The Balaban J connectivity index is 1.90. The molecular weight excluding hydrogens is 238 g/mol. The molecule has 0 unspecified atom stereocenters. The predicted molar refractivity (Wildman–Crippen MR) is 75.0 cm³/mol. The molecule has 0 bridgehead atoms. The molecule has 1 aliphatic carbocycles. The van der Waals surface area contributed by atoms with E-state index in [-0.39, 0.29) is 11.8 Å². The maximum absolute atomic E-state index is 12.0. The quantitative estimate of drug-likeness (QED) is 0.846. The van der Waals surface area contributed by atoms with Crippen molar-refractivity contribution < 1.29 is 4.79 Å². The SMILES string of the molecule is CC(C)c1ncc(C(=O)NCC2=CCCCC2)cn1. The monoisotopic (exact) mass is 259 g/mol. The lowest BCUT2D eigenvalue weighted by Crippen LogP contribution is -2.26. The van der Waals surface area contributed by atoms with Crippen molar-refractivity contribution in [1.82, 2.24) is 15.3 Å². The van der Waals surface area contributed by atoms with Crippen LogP contribution in [0, 0.1) is 0 Å². The van der Waals surface area contributed by atoms with Gasteiger partial charge in [0, 0.05) is 24.9 Å². The van der Waals surface area contributed by atoms with Crippen molar-refractivity contribution >= 4 is 5.91 Å². The average Bonchev–Trinajstić information content (AvgIpc) is 2.46. The Hall–Kier alpha value is -1.71. The van der Waals surface area contributed by atoms with Gasteiger partial charge in [-0.15, -0.1) is 0 Å². The van der Waals surface area contributed by atoms with Crippen LogP contribution in [0.4, 0.5) is 0 Å². The van der Waals surface area contributed by atoms with Crippen LogP contribution in [-0.4, -0.2) is 22.4 Å². The summed E-state index contributed by atoms with van der Waals surface area (Å²) in [7, 11) is 0. The molecule has 1 aromatic rings. The smallest absolute Gasteiger partial charge is 0.254 e. The van der Waals surface area contributed by atoms with Gasteiger partial charge in [0.25, 0.3) is 5.91 Å². The Morgan fingerprint density at radius 3 is 2.63 bits per heavy atom. The molecule has 1 N–H and O–H groups in total. The standard InChI is InChI=1S/C15H21N3O/c1-11(2)14-16-9-13(10-17-14)15(19)18-8-12-6-4-3-5-7-12/h6,9-11H,3-5,7-8H2,1-2H3,(H,18,19). The van der Waals surface area contributed by atoms with Gasteiger partial charge in [-0.2, -0.15) is 0 Å². The molecule has 19 heavy (non-hydrogen) atoms. The highest BCUT2D eigenvalue weighted by atomic mass is 16.1. The molecule has 2 rings (SSSR count). The minimum absolute atomic E-state index is 0.0956. The van der Waals surface area contributed by atoms with Gasteiger partial charge in [-0.3, -0.25) is 4.79 Å². The van der Waals surface area contributed by atoms with Gasteiger partial charge in [0.15, 0.2) is 0 Å². The molecule has 0 atom stereocenters. The molecule has 1 heterocycles. The van der Waals surface area contributed by atoms with Crippen molar-refractivity contribution in [2.45, 2.75) is 45.4 Å². The summed E-state index contributed by atoms with van der Waals surface area (Å²) in [6, 6.07) is 0. The van der Waals surface area contributed by atoms with Crippen molar-refractivity contribution in [3.05, 3.63) is 35.4 Å². The Labute approximate surface area is 114 Å². The van der Waals surface area contributed by atoms with Crippen LogP contribution in [0.5, 0.6) is 0 Å². The summed E-state index contributed by atoms with van der Waals surface area (Å²) in [6.07, 6.45) is 10.2. The maximum atomic E-state index is 12.0. The lowest BCUT2D eigenvalue weighted by atomic mass is 10.00. The maximum Gasteiger partial charge on any atom is 0.254 e. The van der Waals surface area contributed by atoms with Gasteiger partial charge in [-0.05, 0) is 25.7 Å². The van der Waals surface area contributed by atoms with Gasteiger partial charge in [-0.1, -0.05) is 25.5 Å². The van der Waals surface area contributed by atoms with Crippen molar-refractivity contribution in [1.29, 1.82) is 0 Å². The lowest BCUT2D eigenvalue weighted by molar-refractivity contribution is 0.0955. The third-order valence-electron chi connectivity index (χ3n) is 3.31. The van der Waals surface area contributed by atoms with E-state index in [0.29, 0.717) is 12.1 Å². The van der Waals surface area contributed by atoms with E-state index in [2.05, 4.69) is 21.4 Å². The molecule has 0 aromatic carbocycles. The zero-order valence-corrected chi connectivity index (χ0v) is 11.6. The highest BCUT2D eigenvalue weighted by Gasteiger charge is 2.10. The third kappa shape index (κ3) is 3.88. The molecular formula is C15H21N3O. The highest BCUT2D eigenvalue weighted by Crippen LogP contribution is 2.16. The number of aromatic nitrogens is 2. The van der Waals surface area contributed by atoms with Crippen LogP contribution in [0.15, 0.2) is 24.0 Å². The molecule has 0 fully saturated rings. The van der Waals surface area contributed by atoms with Gasteiger partial charge < -0.3 is 5.32 Å². The zero-order chi connectivity index (χ0) is 13.7. The summed E-state index contributed by atoms with van der Waals surface area (Å²) < 4.78 is 0. The highest BCUT2D eigenvalue weighted by molar-refractivity contribution is 5.93. The minimum Gasteiger partial charge on any atom is -0.348 e. The van der Waals surface area contributed by atoms with E-state index in [0.717, 1.165) is 18.7 Å². The molecule has 1 aliphatic rings. The fourth-order valence-corrected chi connectivity index (χ4v) is 2.11. The van der Waals surface area contributed by atoms with Crippen molar-refractivity contribution in [2.75, 3.05) is 6.54 Å². The lowest BCUT2D eigenvalue weighted by Gasteiger charge is -2.13. The summed E-state index contributed by atoms with van der Waals surface area (Å²) >= 11 is 0. The summed E-state index contributed by atoms with van der Waals surface area (Å²) in [4.78, 5) is 20.4. The number of carbonyl (C=O) groups is 1. The number of nitrogens with zero attached hydrogens (tertiary/aromatic N) is 2. The van der Waals surface area contributed by atoms with Gasteiger partial charge >= 0.3 is 0 Å². The van der Waals surface area contributed by atoms with E-state index >= 15 is 0 Å². The summed E-state index contributed by atoms with van der Waals surface area (Å²) in [5, 5.41) is 2.93. The van der Waals surface area contributed by atoms with E-state index in [1.165, 1.54) is 18.4 Å². The summed E-state index contributed by atoms with van der Waals surface area (Å²) in [5.74, 6) is 0.956. The first-order valence-electron chi connectivity index (χ1n) is 6.95. The fourth-order valence-electron chi connectivity index (χ4n) is 2.11. The van der Waals surface area contributed by atoms with Crippen LogP contribution in [-0.2, 0) is 0 Å². The Kier molecular flexibility index (Phi) is 4.66. The molecule has 1 aromatic heterocycles. The van der Waals surface area contributed by atoms with Crippen LogP contribution in [0.25, 0.3) is 0 Å². The van der Waals surface area contributed by atoms with E-state index < -0.39 is 0 Å². The normalized spacial score (nSPS) is 15.2.